The molecule has 4 rings (SSSR count). The first-order valence-corrected chi connectivity index (χ1v) is 12.4. The summed E-state index contributed by atoms with van der Waals surface area (Å²) in [4.78, 5) is 25.2. The van der Waals surface area contributed by atoms with Crippen molar-refractivity contribution in [1.29, 1.82) is 0 Å². The lowest BCUT2D eigenvalue weighted by molar-refractivity contribution is -0.127. The number of amides is 1. The quantitative estimate of drug-likeness (QED) is 0.115. The molecular formula is C30H25BrN2O4. The zero-order valence-corrected chi connectivity index (χ0v) is 21.9. The number of ether oxygens (including phenoxy) is 2. The molecule has 4 aromatic carbocycles. The van der Waals surface area contributed by atoms with Crippen molar-refractivity contribution in [3.63, 3.8) is 0 Å². The molecule has 0 fully saturated rings. The summed E-state index contributed by atoms with van der Waals surface area (Å²) in [6.45, 7) is 3.49. The van der Waals surface area contributed by atoms with Crippen LogP contribution in [0, 0.1) is 6.92 Å². The molecule has 0 aliphatic rings. The monoisotopic (exact) mass is 556 g/mol. The van der Waals surface area contributed by atoms with Gasteiger partial charge in [0.05, 0.1) is 11.8 Å². The van der Waals surface area contributed by atoms with Gasteiger partial charge in [-0.15, -0.1) is 0 Å². The molecule has 186 valence electrons. The van der Waals surface area contributed by atoms with Crippen molar-refractivity contribution in [2.45, 2.75) is 20.0 Å². The van der Waals surface area contributed by atoms with Gasteiger partial charge in [-0.25, -0.2) is 10.2 Å². The molecule has 7 heteroatoms. The molecular weight excluding hydrogens is 532 g/mol. The van der Waals surface area contributed by atoms with Crippen LogP contribution in [0.5, 0.6) is 11.5 Å². The van der Waals surface area contributed by atoms with Crippen LogP contribution in [0.15, 0.2) is 107 Å². The van der Waals surface area contributed by atoms with Crippen molar-refractivity contribution in [2.24, 2.45) is 5.10 Å². The lowest BCUT2D eigenvalue weighted by atomic mass is 10.1. The molecule has 0 bridgehead atoms. The van der Waals surface area contributed by atoms with Crippen molar-refractivity contribution in [3.05, 3.63) is 118 Å². The van der Waals surface area contributed by atoms with Gasteiger partial charge in [0.25, 0.3) is 5.91 Å². The maximum atomic E-state index is 12.7. The van der Waals surface area contributed by atoms with Gasteiger partial charge in [0.15, 0.2) is 6.10 Å². The lowest BCUT2D eigenvalue weighted by Crippen LogP contribution is -2.33. The highest BCUT2D eigenvalue weighted by atomic mass is 79.9. The predicted octanol–water partition coefficient (Wildman–Crippen LogP) is 6.56. The number of esters is 1. The minimum absolute atomic E-state index is 0.317. The molecule has 0 saturated carbocycles. The molecule has 0 radical (unpaired) electrons. The van der Waals surface area contributed by atoms with Gasteiger partial charge in [-0.1, -0.05) is 76.6 Å². The molecule has 1 N–H and O–H groups in total. The number of hydrogen-bond donors (Lipinski definition) is 1. The van der Waals surface area contributed by atoms with Gasteiger partial charge in [0.1, 0.15) is 11.5 Å². The van der Waals surface area contributed by atoms with Gasteiger partial charge in [0.2, 0.25) is 0 Å². The molecule has 1 atom stereocenters. The Morgan fingerprint density at radius 3 is 2.30 bits per heavy atom. The topological polar surface area (TPSA) is 77.0 Å². The number of nitrogens with one attached hydrogen (secondary N) is 1. The molecule has 37 heavy (non-hydrogen) atoms. The Morgan fingerprint density at radius 2 is 1.57 bits per heavy atom. The molecule has 0 heterocycles. The Labute approximate surface area is 224 Å². The fourth-order valence-electron chi connectivity index (χ4n) is 3.54. The van der Waals surface area contributed by atoms with Crippen LogP contribution in [0.25, 0.3) is 11.1 Å². The van der Waals surface area contributed by atoms with E-state index in [0.29, 0.717) is 22.6 Å². The van der Waals surface area contributed by atoms with Gasteiger partial charge in [0, 0.05) is 10.0 Å². The number of nitrogens with zero attached hydrogens (tertiary/aromatic N) is 1. The van der Waals surface area contributed by atoms with Crippen molar-refractivity contribution in [3.8, 4) is 22.6 Å². The van der Waals surface area contributed by atoms with E-state index in [2.05, 4.69) is 26.5 Å². The second kappa shape index (κ2) is 12.1. The number of halogens is 1. The highest BCUT2D eigenvalue weighted by Crippen LogP contribution is 2.24. The number of carbonyl (C=O) groups excluding carboxylic acids is 2. The summed E-state index contributed by atoms with van der Waals surface area (Å²) in [6, 6.07) is 29.9. The van der Waals surface area contributed by atoms with Crippen molar-refractivity contribution < 1.29 is 19.1 Å². The van der Waals surface area contributed by atoms with Gasteiger partial charge in [-0.2, -0.15) is 5.10 Å². The van der Waals surface area contributed by atoms with Crippen molar-refractivity contribution in [2.75, 3.05) is 0 Å². The maximum absolute atomic E-state index is 12.7. The number of carbonyl (C=O) groups is 2. The Hall–Kier alpha value is -4.23. The standard InChI is InChI=1S/C30H25BrN2O4/c1-20-8-6-7-11-27(20)30(35)37-28-17-14-25(31)18-24(28)19-32-33-29(34)21(2)36-26-15-12-23(13-16-26)22-9-4-3-5-10-22/h3-19,21H,1-2H3,(H,33,34)/b32-19+. The van der Waals surface area contributed by atoms with Crippen molar-refractivity contribution in [1.82, 2.24) is 5.43 Å². The summed E-state index contributed by atoms with van der Waals surface area (Å²) in [5.74, 6) is -0.00258. The third kappa shape index (κ3) is 6.92. The Morgan fingerprint density at radius 1 is 0.892 bits per heavy atom. The van der Waals surface area contributed by atoms with Crippen LogP contribution in [0.4, 0.5) is 0 Å². The number of aryl methyl sites for hydroxylation is 1. The van der Waals surface area contributed by atoms with Gasteiger partial charge >= 0.3 is 5.97 Å². The molecule has 4 aromatic rings. The summed E-state index contributed by atoms with van der Waals surface area (Å²) in [5, 5.41) is 4.04. The highest BCUT2D eigenvalue weighted by Gasteiger charge is 2.15. The second-order valence-corrected chi connectivity index (χ2v) is 9.19. The molecule has 0 aromatic heterocycles. The molecule has 1 amide bonds. The first-order valence-electron chi connectivity index (χ1n) is 11.6. The third-order valence-electron chi connectivity index (χ3n) is 5.56. The van der Waals surface area contributed by atoms with E-state index in [1.165, 1.54) is 6.21 Å². The molecule has 0 saturated heterocycles. The second-order valence-electron chi connectivity index (χ2n) is 8.27. The molecule has 0 aliphatic carbocycles. The summed E-state index contributed by atoms with van der Waals surface area (Å²) in [6.07, 6.45) is 0.644. The van der Waals surface area contributed by atoms with Gasteiger partial charge in [-0.05, 0) is 66.9 Å². The van der Waals surface area contributed by atoms with E-state index in [0.717, 1.165) is 21.2 Å². The number of rotatable bonds is 8. The smallest absolute Gasteiger partial charge is 0.343 e. The summed E-state index contributed by atoms with van der Waals surface area (Å²) < 4.78 is 12.1. The Kier molecular flexibility index (Phi) is 8.48. The Bertz CT molecular complexity index is 1420. The molecule has 0 aliphatic heterocycles. The van der Waals surface area contributed by atoms with E-state index < -0.39 is 18.0 Å². The fourth-order valence-corrected chi connectivity index (χ4v) is 3.92. The first kappa shape index (κ1) is 25.9. The predicted molar refractivity (Wildman–Crippen MR) is 148 cm³/mol. The average Bonchev–Trinajstić information content (AvgIpc) is 2.91. The summed E-state index contributed by atoms with van der Waals surface area (Å²) >= 11 is 3.41. The van der Waals surface area contributed by atoms with Gasteiger partial charge in [-0.3, -0.25) is 4.79 Å². The van der Waals surface area contributed by atoms with E-state index in [-0.39, 0.29) is 0 Å². The SMILES string of the molecule is Cc1ccccc1C(=O)Oc1ccc(Br)cc1/C=N/NC(=O)C(C)Oc1ccc(-c2ccccc2)cc1. The van der Waals surface area contributed by atoms with E-state index in [1.54, 1.807) is 37.3 Å². The number of hydrazone groups is 1. The largest absolute Gasteiger partial charge is 0.481 e. The normalized spacial score (nSPS) is 11.6. The van der Waals surface area contributed by atoms with Gasteiger partial charge < -0.3 is 9.47 Å². The maximum Gasteiger partial charge on any atom is 0.343 e. The van der Waals surface area contributed by atoms with E-state index in [4.69, 9.17) is 9.47 Å². The zero-order chi connectivity index (χ0) is 26.2. The van der Waals surface area contributed by atoms with E-state index in [9.17, 15) is 9.59 Å². The van der Waals surface area contributed by atoms with E-state index >= 15 is 0 Å². The number of hydrogen-bond acceptors (Lipinski definition) is 5. The zero-order valence-electron chi connectivity index (χ0n) is 20.4. The minimum Gasteiger partial charge on any atom is -0.481 e. The van der Waals surface area contributed by atoms with Crippen LogP contribution in [0.3, 0.4) is 0 Å². The Balaban J connectivity index is 1.37. The van der Waals surface area contributed by atoms with Crippen LogP contribution < -0.4 is 14.9 Å². The van der Waals surface area contributed by atoms with Crippen molar-refractivity contribution >= 4 is 34.0 Å². The van der Waals surface area contributed by atoms with Crippen LogP contribution in [-0.2, 0) is 4.79 Å². The highest BCUT2D eigenvalue weighted by molar-refractivity contribution is 9.10. The van der Waals surface area contributed by atoms with Crippen LogP contribution in [0.2, 0.25) is 0 Å². The summed E-state index contributed by atoms with van der Waals surface area (Å²) in [5.41, 5.74) is 6.45. The van der Waals surface area contributed by atoms with Crippen LogP contribution in [0.1, 0.15) is 28.4 Å². The molecule has 0 spiro atoms. The molecule has 6 nitrogen and oxygen atoms in total. The first-order chi connectivity index (χ1) is 17.9. The van der Waals surface area contributed by atoms with Crippen LogP contribution >= 0.6 is 15.9 Å². The summed E-state index contributed by atoms with van der Waals surface area (Å²) in [7, 11) is 0. The van der Waals surface area contributed by atoms with Crippen LogP contribution in [-0.4, -0.2) is 24.2 Å². The average molecular weight is 557 g/mol. The fraction of sp³-hybridized carbons (Fsp3) is 0.100. The third-order valence-corrected chi connectivity index (χ3v) is 6.05. The molecule has 1 unspecified atom stereocenters. The number of benzene rings is 4. The minimum atomic E-state index is -0.777. The van der Waals surface area contributed by atoms with E-state index in [1.807, 2.05) is 73.7 Å². The lowest BCUT2D eigenvalue weighted by Gasteiger charge is -2.13.